The van der Waals surface area contributed by atoms with Gasteiger partial charge in [-0.05, 0) is 48.1 Å². The summed E-state index contributed by atoms with van der Waals surface area (Å²) >= 11 is 0. The van der Waals surface area contributed by atoms with Crippen LogP contribution in [0.4, 0.5) is 5.88 Å². The van der Waals surface area contributed by atoms with Gasteiger partial charge in [0.15, 0.2) is 0 Å². The number of aromatic nitrogens is 1. The van der Waals surface area contributed by atoms with Gasteiger partial charge in [-0.15, -0.1) is 0 Å². The van der Waals surface area contributed by atoms with Gasteiger partial charge in [0.05, 0.1) is 5.69 Å². The van der Waals surface area contributed by atoms with Gasteiger partial charge in [-0.2, -0.15) is 0 Å². The molecule has 2 aliphatic rings. The van der Waals surface area contributed by atoms with E-state index >= 15 is 0 Å². The molecule has 3 nitrogen and oxygen atoms in total. The Hall–Kier alpha value is -1.77. The Morgan fingerprint density at radius 3 is 2.90 bits per heavy atom. The van der Waals surface area contributed by atoms with Crippen molar-refractivity contribution in [2.45, 2.75) is 44.9 Å². The minimum atomic E-state index is 0.517. The van der Waals surface area contributed by atoms with Crippen molar-refractivity contribution in [1.82, 2.24) is 5.16 Å². The fourth-order valence-corrected chi connectivity index (χ4v) is 4.15. The third-order valence-electron chi connectivity index (χ3n) is 5.11. The minimum Gasteiger partial charge on any atom is -0.367 e. The SMILES string of the molecule is CC(C)Cc1c(C2C3CCc4ccccc4C32)noc1N. The molecule has 0 amide bonds. The topological polar surface area (TPSA) is 52.0 Å². The highest BCUT2D eigenvalue weighted by Gasteiger charge is 2.56. The van der Waals surface area contributed by atoms with Crippen molar-refractivity contribution in [1.29, 1.82) is 0 Å². The van der Waals surface area contributed by atoms with Crippen LogP contribution in [0.5, 0.6) is 0 Å². The minimum absolute atomic E-state index is 0.517. The van der Waals surface area contributed by atoms with Crippen LogP contribution in [0.25, 0.3) is 0 Å². The van der Waals surface area contributed by atoms with Gasteiger partial charge in [0.2, 0.25) is 5.88 Å². The number of aryl methyl sites for hydroxylation is 1. The van der Waals surface area contributed by atoms with Crippen LogP contribution in [-0.4, -0.2) is 5.16 Å². The molecule has 1 saturated carbocycles. The molecule has 0 radical (unpaired) electrons. The lowest BCUT2D eigenvalue weighted by atomic mass is 9.92. The highest BCUT2D eigenvalue weighted by molar-refractivity contribution is 5.49. The molecule has 0 aliphatic heterocycles. The Labute approximate surface area is 125 Å². The molecule has 3 unspecified atom stereocenters. The quantitative estimate of drug-likeness (QED) is 0.929. The largest absolute Gasteiger partial charge is 0.367 e. The van der Waals surface area contributed by atoms with Gasteiger partial charge >= 0.3 is 0 Å². The molecular formula is C18H22N2O. The number of hydrogen-bond acceptors (Lipinski definition) is 3. The molecule has 0 spiro atoms. The van der Waals surface area contributed by atoms with Crippen molar-refractivity contribution < 1.29 is 4.52 Å². The van der Waals surface area contributed by atoms with Crippen LogP contribution in [0.15, 0.2) is 28.8 Å². The molecule has 0 bridgehead atoms. The van der Waals surface area contributed by atoms with Gasteiger partial charge in [-0.25, -0.2) is 0 Å². The smallest absolute Gasteiger partial charge is 0.225 e. The summed E-state index contributed by atoms with van der Waals surface area (Å²) in [5.41, 5.74) is 11.3. The molecule has 2 N–H and O–H groups in total. The van der Waals surface area contributed by atoms with E-state index in [-0.39, 0.29) is 0 Å². The summed E-state index contributed by atoms with van der Waals surface area (Å²) in [5.74, 6) is 2.97. The van der Waals surface area contributed by atoms with E-state index in [1.165, 1.54) is 24.0 Å². The molecule has 3 atom stereocenters. The van der Waals surface area contributed by atoms with Gasteiger partial charge < -0.3 is 10.3 Å². The number of nitrogens with two attached hydrogens (primary N) is 1. The summed E-state index contributed by atoms with van der Waals surface area (Å²) < 4.78 is 5.32. The second-order valence-electron chi connectivity index (χ2n) is 6.96. The lowest BCUT2D eigenvalue weighted by molar-refractivity contribution is 0.426. The average molecular weight is 282 g/mol. The van der Waals surface area contributed by atoms with Crippen LogP contribution in [-0.2, 0) is 12.8 Å². The summed E-state index contributed by atoms with van der Waals surface area (Å²) in [6, 6.07) is 8.86. The van der Waals surface area contributed by atoms with Crippen molar-refractivity contribution in [3.63, 3.8) is 0 Å². The third kappa shape index (κ3) is 1.98. The summed E-state index contributed by atoms with van der Waals surface area (Å²) in [4.78, 5) is 0. The predicted octanol–water partition coefficient (Wildman–Crippen LogP) is 3.90. The van der Waals surface area contributed by atoms with E-state index in [0.717, 1.165) is 23.6 Å². The zero-order valence-corrected chi connectivity index (χ0v) is 12.7. The second kappa shape index (κ2) is 4.62. The van der Waals surface area contributed by atoms with E-state index in [2.05, 4.69) is 43.3 Å². The Morgan fingerprint density at radius 1 is 1.29 bits per heavy atom. The molecule has 4 rings (SSSR count). The van der Waals surface area contributed by atoms with Gasteiger partial charge in [-0.1, -0.05) is 43.3 Å². The maximum absolute atomic E-state index is 6.01. The van der Waals surface area contributed by atoms with E-state index in [0.29, 0.717) is 23.6 Å². The maximum atomic E-state index is 6.01. The number of rotatable bonds is 3. The maximum Gasteiger partial charge on any atom is 0.225 e. The Bertz CT molecular complexity index is 674. The van der Waals surface area contributed by atoms with Crippen LogP contribution in [0.3, 0.4) is 0 Å². The molecule has 2 aromatic rings. The predicted molar refractivity (Wildman–Crippen MR) is 83.2 cm³/mol. The molecule has 3 heteroatoms. The number of anilines is 1. The number of benzene rings is 1. The van der Waals surface area contributed by atoms with Gasteiger partial charge in [0.1, 0.15) is 0 Å². The Balaban J connectivity index is 1.69. The molecule has 110 valence electrons. The van der Waals surface area contributed by atoms with E-state index in [4.69, 9.17) is 10.3 Å². The summed E-state index contributed by atoms with van der Waals surface area (Å²) in [6.07, 6.45) is 3.42. The van der Waals surface area contributed by atoms with Crippen molar-refractivity contribution in [2.24, 2.45) is 11.8 Å². The first kappa shape index (κ1) is 12.9. The standard InChI is InChI=1S/C18H22N2O/c1-10(2)9-14-17(20-21-18(14)19)16-13-8-7-11-5-3-4-6-12(11)15(13)16/h3-6,10,13,15-16H,7-9,19H2,1-2H3. The number of fused-ring (bicyclic) bond motifs is 3. The van der Waals surface area contributed by atoms with Crippen LogP contribution in [0.1, 0.15) is 54.5 Å². The fourth-order valence-electron chi connectivity index (χ4n) is 4.15. The molecule has 21 heavy (non-hydrogen) atoms. The average Bonchev–Trinajstić information content (AvgIpc) is 3.11. The molecule has 1 heterocycles. The summed E-state index contributed by atoms with van der Waals surface area (Å²) in [6.45, 7) is 4.43. The molecular weight excluding hydrogens is 260 g/mol. The first-order chi connectivity index (χ1) is 10.2. The van der Waals surface area contributed by atoms with Crippen molar-refractivity contribution >= 4 is 5.88 Å². The first-order valence-electron chi connectivity index (χ1n) is 7.98. The van der Waals surface area contributed by atoms with Crippen molar-refractivity contribution in [3.8, 4) is 0 Å². The highest BCUT2D eigenvalue weighted by atomic mass is 16.5. The number of hydrogen-bond donors (Lipinski definition) is 1. The molecule has 0 saturated heterocycles. The highest BCUT2D eigenvalue weighted by Crippen LogP contribution is 2.65. The molecule has 1 fully saturated rings. The van der Waals surface area contributed by atoms with E-state index in [9.17, 15) is 0 Å². The summed E-state index contributed by atoms with van der Waals surface area (Å²) in [7, 11) is 0. The monoisotopic (exact) mass is 282 g/mol. The zero-order valence-electron chi connectivity index (χ0n) is 12.7. The molecule has 1 aromatic carbocycles. The number of nitrogen functional groups attached to an aromatic ring is 1. The van der Waals surface area contributed by atoms with Crippen LogP contribution in [0.2, 0.25) is 0 Å². The van der Waals surface area contributed by atoms with E-state index in [1.54, 1.807) is 0 Å². The normalized spacial score (nSPS) is 26.5. The number of nitrogens with zero attached hydrogens (tertiary/aromatic N) is 1. The summed E-state index contributed by atoms with van der Waals surface area (Å²) in [5, 5.41) is 4.33. The van der Waals surface area contributed by atoms with Gasteiger partial charge in [0, 0.05) is 11.5 Å². The lowest BCUT2D eigenvalue weighted by Crippen LogP contribution is -2.00. The van der Waals surface area contributed by atoms with E-state index < -0.39 is 0 Å². The van der Waals surface area contributed by atoms with Crippen LogP contribution >= 0.6 is 0 Å². The molecule has 1 aromatic heterocycles. The first-order valence-corrected chi connectivity index (χ1v) is 7.98. The Kier molecular flexibility index (Phi) is 2.84. The van der Waals surface area contributed by atoms with Gasteiger partial charge in [0.25, 0.3) is 0 Å². The van der Waals surface area contributed by atoms with Crippen molar-refractivity contribution in [3.05, 3.63) is 46.6 Å². The second-order valence-corrected chi connectivity index (χ2v) is 6.96. The molecule has 2 aliphatic carbocycles. The lowest BCUT2D eigenvalue weighted by Gasteiger charge is -2.13. The van der Waals surface area contributed by atoms with Crippen LogP contribution in [0, 0.1) is 11.8 Å². The van der Waals surface area contributed by atoms with Gasteiger partial charge in [-0.3, -0.25) is 0 Å². The Morgan fingerprint density at radius 2 is 2.10 bits per heavy atom. The van der Waals surface area contributed by atoms with Crippen molar-refractivity contribution in [2.75, 3.05) is 5.73 Å². The third-order valence-corrected chi connectivity index (χ3v) is 5.11. The fraction of sp³-hybridized carbons (Fsp3) is 0.500. The zero-order chi connectivity index (χ0) is 14.6. The van der Waals surface area contributed by atoms with Crippen LogP contribution < -0.4 is 5.73 Å². The van der Waals surface area contributed by atoms with E-state index in [1.807, 2.05) is 0 Å².